The van der Waals surface area contributed by atoms with E-state index < -0.39 is 6.04 Å². The third-order valence-corrected chi connectivity index (χ3v) is 6.90. The van der Waals surface area contributed by atoms with Gasteiger partial charge >= 0.3 is 0 Å². The van der Waals surface area contributed by atoms with Gasteiger partial charge in [0.2, 0.25) is 11.8 Å². The molecular weight excluding hydrogens is 374 g/mol. The number of fused-ring (bicyclic) bond motifs is 2. The molecule has 2 aromatic rings. The summed E-state index contributed by atoms with van der Waals surface area (Å²) in [5.41, 5.74) is 4.26. The van der Waals surface area contributed by atoms with Gasteiger partial charge in [0.1, 0.15) is 6.04 Å². The van der Waals surface area contributed by atoms with Crippen LogP contribution in [0.3, 0.4) is 0 Å². The molecule has 0 bridgehead atoms. The lowest BCUT2D eigenvalue weighted by Crippen LogP contribution is -2.52. The molecule has 3 aliphatic heterocycles. The summed E-state index contributed by atoms with van der Waals surface area (Å²) in [7, 11) is 0. The van der Waals surface area contributed by atoms with E-state index in [0.29, 0.717) is 18.5 Å². The molecule has 1 atom stereocenters. The van der Waals surface area contributed by atoms with Gasteiger partial charge in [0.25, 0.3) is 5.91 Å². The monoisotopic (exact) mass is 395 g/mol. The van der Waals surface area contributed by atoms with Gasteiger partial charge in [-0.25, -0.2) is 0 Å². The normalized spacial score (nSPS) is 22.2. The van der Waals surface area contributed by atoms with Crippen molar-refractivity contribution in [3.8, 4) is 0 Å². The number of rotatable bonds is 3. The summed E-state index contributed by atoms with van der Waals surface area (Å²) < 4.78 is 0. The Balaban J connectivity index is 1.31. The SMILES string of the molecule is O=C1CCC(N2Cc3cc(CN4CCc5sccc5C4)ccc3C2=O)C(=O)N1. The number of piperidine rings is 1. The Hall–Kier alpha value is -2.51. The predicted molar refractivity (Wildman–Crippen MR) is 105 cm³/mol. The van der Waals surface area contributed by atoms with Crippen LogP contribution in [0.25, 0.3) is 0 Å². The Morgan fingerprint density at radius 1 is 1.07 bits per heavy atom. The van der Waals surface area contributed by atoms with Crippen LogP contribution in [0.15, 0.2) is 29.6 Å². The number of amides is 3. The number of thiophene rings is 1. The summed E-state index contributed by atoms with van der Waals surface area (Å²) in [6.07, 6.45) is 1.77. The van der Waals surface area contributed by atoms with Crippen LogP contribution < -0.4 is 5.32 Å². The second-order valence-electron chi connectivity index (χ2n) is 7.72. The minimum Gasteiger partial charge on any atom is -0.322 e. The molecule has 0 spiro atoms. The lowest BCUT2D eigenvalue weighted by molar-refractivity contribution is -0.136. The molecule has 0 saturated carbocycles. The zero-order valence-electron chi connectivity index (χ0n) is 15.4. The summed E-state index contributed by atoms with van der Waals surface area (Å²) in [6, 6.07) is 7.67. The number of hydrogen-bond donors (Lipinski definition) is 1. The van der Waals surface area contributed by atoms with Crippen LogP contribution in [0, 0.1) is 0 Å². The summed E-state index contributed by atoms with van der Waals surface area (Å²) in [6.45, 7) is 3.31. The number of nitrogens with one attached hydrogen (secondary N) is 1. The fourth-order valence-corrected chi connectivity index (χ4v) is 5.32. The number of carbonyl (C=O) groups is 3. The van der Waals surface area contributed by atoms with E-state index in [1.807, 2.05) is 23.5 Å². The van der Waals surface area contributed by atoms with Crippen molar-refractivity contribution in [3.05, 3.63) is 56.8 Å². The maximum atomic E-state index is 12.8. The average Bonchev–Trinajstić information content (AvgIpc) is 3.26. The number of imide groups is 1. The average molecular weight is 395 g/mol. The molecule has 1 saturated heterocycles. The lowest BCUT2D eigenvalue weighted by atomic mass is 10.0. The summed E-state index contributed by atoms with van der Waals surface area (Å²) >= 11 is 1.84. The predicted octanol–water partition coefficient (Wildman–Crippen LogP) is 2.07. The van der Waals surface area contributed by atoms with E-state index in [1.165, 1.54) is 16.0 Å². The second-order valence-corrected chi connectivity index (χ2v) is 8.72. The van der Waals surface area contributed by atoms with Crippen LogP contribution in [0.5, 0.6) is 0 Å². The van der Waals surface area contributed by atoms with E-state index in [4.69, 9.17) is 0 Å². The molecule has 1 N–H and O–H groups in total. The first-order valence-corrected chi connectivity index (χ1v) is 10.5. The fourth-order valence-electron chi connectivity index (χ4n) is 4.43. The first kappa shape index (κ1) is 17.6. The van der Waals surface area contributed by atoms with Crippen molar-refractivity contribution < 1.29 is 14.4 Å². The summed E-state index contributed by atoms with van der Waals surface area (Å²) in [4.78, 5) is 41.9. The molecule has 28 heavy (non-hydrogen) atoms. The Labute approximate surface area is 167 Å². The van der Waals surface area contributed by atoms with Crippen molar-refractivity contribution in [3.63, 3.8) is 0 Å². The molecule has 7 heteroatoms. The standard InChI is InChI=1S/C21H21N3O3S/c25-19-4-3-17(20(26)22-19)24-12-15-9-13(1-2-16(15)21(24)27)10-23-7-5-18-14(11-23)6-8-28-18/h1-2,6,8-9,17H,3-5,7,10-12H2,(H,22,25,26). The van der Waals surface area contributed by atoms with Crippen LogP contribution in [0.4, 0.5) is 0 Å². The molecule has 0 radical (unpaired) electrons. The highest BCUT2D eigenvalue weighted by molar-refractivity contribution is 7.10. The van der Waals surface area contributed by atoms with Gasteiger partial charge in [0, 0.05) is 43.0 Å². The van der Waals surface area contributed by atoms with Crippen molar-refractivity contribution in [2.75, 3.05) is 6.54 Å². The van der Waals surface area contributed by atoms with Crippen molar-refractivity contribution in [1.82, 2.24) is 15.1 Å². The van der Waals surface area contributed by atoms with Gasteiger partial charge in [0.05, 0.1) is 0 Å². The highest BCUT2D eigenvalue weighted by Gasteiger charge is 2.39. The summed E-state index contributed by atoms with van der Waals surface area (Å²) in [5.74, 6) is -0.738. The van der Waals surface area contributed by atoms with Crippen LogP contribution in [0.2, 0.25) is 0 Å². The minimum absolute atomic E-state index is 0.114. The van der Waals surface area contributed by atoms with Gasteiger partial charge in [-0.3, -0.25) is 24.6 Å². The van der Waals surface area contributed by atoms with Gasteiger partial charge in [-0.05, 0) is 47.0 Å². The van der Waals surface area contributed by atoms with Crippen molar-refractivity contribution in [1.29, 1.82) is 0 Å². The minimum atomic E-state index is -0.555. The number of nitrogens with zero attached hydrogens (tertiary/aromatic N) is 2. The van der Waals surface area contributed by atoms with Crippen molar-refractivity contribution in [2.45, 2.75) is 44.9 Å². The first-order chi connectivity index (χ1) is 13.6. The number of benzene rings is 1. The molecule has 3 amide bonds. The van der Waals surface area contributed by atoms with Gasteiger partial charge in [-0.1, -0.05) is 12.1 Å². The van der Waals surface area contributed by atoms with E-state index in [9.17, 15) is 14.4 Å². The molecule has 1 unspecified atom stereocenters. The summed E-state index contributed by atoms with van der Waals surface area (Å²) in [5, 5.41) is 4.51. The molecule has 6 nitrogen and oxygen atoms in total. The molecule has 5 rings (SSSR count). The fraction of sp³-hybridized carbons (Fsp3) is 0.381. The van der Waals surface area contributed by atoms with Crippen LogP contribution in [-0.2, 0) is 35.6 Å². The molecule has 1 aromatic carbocycles. The van der Waals surface area contributed by atoms with E-state index in [-0.39, 0.29) is 24.1 Å². The van der Waals surface area contributed by atoms with Crippen LogP contribution in [0.1, 0.15) is 44.8 Å². The molecule has 0 aliphatic carbocycles. The van der Waals surface area contributed by atoms with Gasteiger partial charge in [0.15, 0.2) is 0 Å². The lowest BCUT2D eigenvalue weighted by Gasteiger charge is -2.29. The third kappa shape index (κ3) is 3.04. The van der Waals surface area contributed by atoms with Crippen LogP contribution in [-0.4, -0.2) is 40.1 Å². The maximum absolute atomic E-state index is 12.8. The molecule has 1 aromatic heterocycles. The molecule has 3 aliphatic rings. The second kappa shape index (κ2) is 6.83. The number of carbonyl (C=O) groups excluding carboxylic acids is 3. The number of hydrogen-bond acceptors (Lipinski definition) is 5. The topological polar surface area (TPSA) is 69.7 Å². The van der Waals surface area contributed by atoms with E-state index in [0.717, 1.165) is 31.6 Å². The van der Waals surface area contributed by atoms with Gasteiger partial charge in [-0.2, -0.15) is 0 Å². The maximum Gasteiger partial charge on any atom is 0.255 e. The smallest absolute Gasteiger partial charge is 0.255 e. The quantitative estimate of drug-likeness (QED) is 0.808. The molecule has 144 valence electrons. The largest absolute Gasteiger partial charge is 0.322 e. The third-order valence-electron chi connectivity index (χ3n) is 5.88. The highest BCUT2D eigenvalue weighted by atomic mass is 32.1. The van der Waals surface area contributed by atoms with E-state index >= 15 is 0 Å². The van der Waals surface area contributed by atoms with E-state index in [2.05, 4.69) is 27.7 Å². The highest BCUT2D eigenvalue weighted by Crippen LogP contribution is 2.29. The molecular formula is C21H21N3O3S. The Morgan fingerprint density at radius 2 is 1.96 bits per heavy atom. The van der Waals surface area contributed by atoms with E-state index in [1.54, 1.807) is 4.90 Å². The van der Waals surface area contributed by atoms with Gasteiger partial charge in [-0.15, -0.1) is 11.3 Å². The zero-order valence-corrected chi connectivity index (χ0v) is 16.3. The Bertz CT molecular complexity index is 983. The van der Waals surface area contributed by atoms with Crippen molar-refractivity contribution in [2.24, 2.45) is 0 Å². The Morgan fingerprint density at radius 3 is 2.82 bits per heavy atom. The Kier molecular flexibility index (Phi) is 4.29. The zero-order chi connectivity index (χ0) is 19.3. The molecule has 4 heterocycles. The first-order valence-electron chi connectivity index (χ1n) is 9.62. The van der Waals surface area contributed by atoms with Crippen LogP contribution >= 0.6 is 11.3 Å². The van der Waals surface area contributed by atoms with Gasteiger partial charge < -0.3 is 4.90 Å². The van der Waals surface area contributed by atoms with Crippen molar-refractivity contribution >= 4 is 29.1 Å². The molecule has 1 fully saturated rings.